The zero-order chi connectivity index (χ0) is 18.5. The van der Waals surface area contributed by atoms with Crippen LogP contribution in [0.25, 0.3) is 0 Å². The van der Waals surface area contributed by atoms with Gasteiger partial charge in [0.2, 0.25) is 9.84 Å². The molecule has 0 aliphatic rings. The normalized spacial score (nSPS) is 13.6. The molecule has 2 aromatic rings. The standard InChI is InChI=1S/C18H19NO5S/c1-2-18(17(21)22,25(23,24)15-11-7-4-8-12-15)16(20)19-13-14-9-5-3-6-10-14/h3-12H,2,13H2,1H3,(H,19,20)(H,21,22). The number of carbonyl (C=O) groups is 2. The molecule has 2 aromatic carbocycles. The lowest BCUT2D eigenvalue weighted by molar-refractivity contribution is -0.145. The van der Waals surface area contributed by atoms with Crippen LogP contribution in [0.4, 0.5) is 0 Å². The lowest BCUT2D eigenvalue weighted by Gasteiger charge is -2.27. The van der Waals surface area contributed by atoms with E-state index >= 15 is 0 Å². The number of amides is 1. The van der Waals surface area contributed by atoms with Gasteiger partial charge >= 0.3 is 5.97 Å². The summed E-state index contributed by atoms with van der Waals surface area (Å²) in [5, 5.41) is 12.1. The van der Waals surface area contributed by atoms with Crippen molar-refractivity contribution in [2.24, 2.45) is 0 Å². The minimum Gasteiger partial charge on any atom is -0.480 e. The van der Waals surface area contributed by atoms with Crippen LogP contribution in [-0.2, 0) is 26.0 Å². The number of carbonyl (C=O) groups excluding carboxylic acids is 1. The Balaban J connectivity index is 2.41. The summed E-state index contributed by atoms with van der Waals surface area (Å²) in [5.74, 6) is -2.74. The van der Waals surface area contributed by atoms with E-state index < -0.39 is 26.5 Å². The lowest BCUT2D eigenvalue weighted by Crippen LogP contribution is -2.57. The average molecular weight is 361 g/mol. The molecular weight excluding hydrogens is 342 g/mol. The monoisotopic (exact) mass is 361 g/mol. The molecular formula is C18H19NO5S. The Hall–Kier alpha value is -2.67. The van der Waals surface area contributed by atoms with Crippen LogP contribution >= 0.6 is 0 Å². The van der Waals surface area contributed by atoms with Gasteiger partial charge in [-0.15, -0.1) is 0 Å². The first kappa shape index (κ1) is 18.7. The van der Waals surface area contributed by atoms with Crippen LogP contribution in [0.1, 0.15) is 18.9 Å². The Morgan fingerprint density at radius 3 is 2.00 bits per heavy atom. The summed E-state index contributed by atoms with van der Waals surface area (Å²) >= 11 is 0. The smallest absolute Gasteiger partial charge is 0.335 e. The molecule has 132 valence electrons. The second-order valence-corrected chi connectivity index (χ2v) is 7.65. The minimum absolute atomic E-state index is 0.0407. The molecule has 0 radical (unpaired) electrons. The molecule has 6 nitrogen and oxygen atoms in total. The molecule has 0 aromatic heterocycles. The maximum atomic E-state index is 12.9. The van der Waals surface area contributed by atoms with Gasteiger partial charge in [0.15, 0.2) is 0 Å². The van der Waals surface area contributed by atoms with Gasteiger partial charge in [0.25, 0.3) is 10.7 Å². The molecule has 0 bridgehead atoms. The van der Waals surface area contributed by atoms with Gasteiger partial charge < -0.3 is 10.4 Å². The summed E-state index contributed by atoms with van der Waals surface area (Å²) in [5.41, 5.74) is 0.739. The van der Waals surface area contributed by atoms with Crippen molar-refractivity contribution in [1.82, 2.24) is 5.32 Å². The van der Waals surface area contributed by atoms with E-state index in [9.17, 15) is 23.1 Å². The van der Waals surface area contributed by atoms with Crippen molar-refractivity contribution in [3.63, 3.8) is 0 Å². The molecule has 1 amide bonds. The van der Waals surface area contributed by atoms with Crippen LogP contribution in [0.5, 0.6) is 0 Å². The zero-order valence-electron chi connectivity index (χ0n) is 13.7. The minimum atomic E-state index is -4.43. The van der Waals surface area contributed by atoms with Crippen molar-refractivity contribution < 1.29 is 23.1 Å². The summed E-state index contributed by atoms with van der Waals surface area (Å²) in [7, 11) is -4.43. The highest BCUT2D eigenvalue weighted by molar-refractivity contribution is 7.94. The van der Waals surface area contributed by atoms with E-state index in [-0.39, 0.29) is 17.9 Å². The summed E-state index contributed by atoms with van der Waals surface area (Å²) in [6.07, 6.45) is -0.389. The van der Waals surface area contributed by atoms with Crippen molar-refractivity contribution in [1.29, 1.82) is 0 Å². The maximum absolute atomic E-state index is 12.9. The molecule has 1 unspecified atom stereocenters. The molecule has 0 fully saturated rings. The predicted octanol–water partition coefficient (Wildman–Crippen LogP) is 2.01. The maximum Gasteiger partial charge on any atom is 0.335 e. The van der Waals surface area contributed by atoms with E-state index in [0.29, 0.717) is 0 Å². The van der Waals surface area contributed by atoms with Gasteiger partial charge in [0.05, 0.1) is 4.90 Å². The van der Waals surface area contributed by atoms with Gasteiger partial charge in [-0.2, -0.15) is 0 Å². The molecule has 2 N–H and O–H groups in total. The highest BCUT2D eigenvalue weighted by atomic mass is 32.2. The summed E-state index contributed by atoms with van der Waals surface area (Å²) < 4.78 is 23.3. The second-order valence-electron chi connectivity index (χ2n) is 5.47. The Labute approximate surface area is 146 Å². The van der Waals surface area contributed by atoms with E-state index in [1.807, 2.05) is 0 Å². The number of aliphatic carboxylic acids is 1. The molecule has 0 heterocycles. The highest BCUT2D eigenvalue weighted by Crippen LogP contribution is 2.30. The molecule has 25 heavy (non-hydrogen) atoms. The number of carboxylic acid groups (broad SMARTS) is 1. The largest absolute Gasteiger partial charge is 0.480 e. The third kappa shape index (κ3) is 3.41. The molecule has 2 rings (SSSR count). The fourth-order valence-corrected chi connectivity index (χ4v) is 4.40. The van der Waals surface area contributed by atoms with E-state index in [2.05, 4.69) is 5.32 Å². The average Bonchev–Trinajstić information content (AvgIpc) is 2.62. The summed E-state index contributed by atoms with van der Waals surface area (Å²) in [6.45, 7) is 1.41. The topological polar surface area (TPSA) is 101 Å². The molecule has 0 aliphatic heterocycles. The lowest BCUT2D eigenvalue weighted by atomic mass is 10.0. The third-order valence-corrected chi connectivity index (χ3v) is 6.48. The number of nitrogens with one attached hydrogen (secondary N) is 1. The predicted molar refractivity (Wildman–Crippen MR) is 92.6 cm³/mol. The molecule has 7 heteroatoms. The van der Waals surface area contributed by atoms with Crippen LogP contribution in [0.3, 0.4) is 0 Å². The van der Waals surface area contributed by atoms with Crippen molar-refractivity contribution >= 4 is 21.7 Å². The van der Waals surface area contributed by atoms with Crippen LogP contribution in [0.15, 0.2) is 65.6 Å². The van der Waals surface area contributed by atoms with Crippen LogP contribution in [0.2, 0.25) is 0 Å². The Morgan fingerprint density at radius 2 is 1.52 bits per heavy atom. The zero-order valence-corrected chi connectivity index (χ0v) is 14.5. The van der Waals surface area contributed by atoms with Crippen molar-refractivity contribution in [2.45, 2.75) is 29.5 Å². The Morgan fingerprint density at radius 1 is 1.00 bits per heavy atom. The van der Waals surface area contributed by atoms with Crippen molar-refractivity contribution in [2.75, 3.05) is 0 Å². The van der Waals surface area contributed by atoms with Gasteiger partial charge in [0, 0.05) is 6.54 Å². The molecule has 0 saturated heterocycles. The fraction of sp³-hybridized carbons (Fsp3) is 0.222. The van der Waals surface area contributed by atoms with Crippen molar-refractivity contribution in [3.8, 4) is 0 Å². The number of benzene rings is 2. The van der Waals surface area contributed by atoms with E-state index in [1.165, 1.54) is 31.2 Å². The van der Waals surface area contributed by atoms with Crippen molar-refractivity contribution in [3.05, 3.63) is 66.2 Å². The molecule has 0 aliphatic carbocycles. The van der Waals surface area contributed by atoms with Gasteiger partial charge in [-0.1, -0.05) is 55.5 Å². The number of hydrogen-bond acceptors (Lipinski definition) is 4. The van der Waals surface area contributed by atoms with Gasteiger partial charge in [-0.3, -0.25) is 4.79 Å². The van der Waals surface area contributed by atoms with Crippen LogP contribution in [0, 0.1) is 0 Å². The van der Waals surface area contributed by atoms with Gasteiger partial charge in [-0.25, -0.2) is 13.2 Å². The molecule has 0 spiro atoms. The fourth-order valence-electron chi connectivity index (χ4n) is 2.56. The Kier molecular flexibility index (Phi) is 5.58. The number of hydrogen-bond donors (Lipinski definition) is 2. The van der Waals surface area contributed by atoms with E-state index in [0.717, 1.165) is 5.56 Å². The van der Waals surface area contributed by atoms with Crippen LogP contribution < -0.4 is 5.32 Å². The first-order valence-corrected chi connectivity index (χ1v) is 9.20. The van der Waals surface area contributed by atoms with Gasteiger partial charge in [0.1, 0.15) is 0 Å². The molecule has 1 atom stereocenters. The molecule has 0 saturated carbocycles. The summed E-state index contributed by atoms with van der Waals surface area (Å²) in [6, 6.07) is 16.0. The first-order chi connectivity index (χ1) is 11.9. The first-order valence-electron chi connectivity index (χ1n) is 7.71. The van der Waals surface area contributed by atoms with Gasteiger partial charge in [-0.05, 0) is 24.1 Å². The summed E-state index contributed by atoms with van der Waals surface area (Å²) in [4.78, 5) is 24.3. The number of carboxylic acids is 1. The highest BCUT2D eigenvalue weighted by Gasteiger charge is 2.56. The van der Waals surface area contributed by atoms with E-state index in [1.54, 1.807) is 36.4 Å². The quantitative estimate of drug-likeness (QED) is 0.735. The van der Waals surface area contributed by atoms with Crippen LogP contribution in [-0.4, -0.2) is 30.1 Å². The number of sulfone groups is 1. The number of rotatable bonds is 7. The second kappa shape index (κ2) is 7.48. The third-order valence-electron chi connectivity index (χ3n) is 4.02. The SMILES string of the molecule is CCC(C(=O)O)(C(=O)NCc1ccccc1)S(=O)(=O)c1ccccc1. The Bertz CT molecular complexity index is 850. The van der Waals surface area contributed by atoms with E-state index in [4.69, 9.17) is 0 Å².